The first-order valence-corrected chi connectivity index (χ1v) is 8.99. The number of nitriles is 1. The molecule has 0 unspecified atom stereocenters. The molecule has 0 amide bonds. The molecule has 0 saturated carbocycles. The van der Waals surface area contributed by atoms with E-state index < -0.39 is 0 Å². The number of hydrogen-bond donors (Lipinski definition) is 1. The van der Waals surface area contributed by atoms with Gasteiger partial charge in [0.1, 0.15) is 0 Å². The quantitative estimate of drug-likeness (QED) is 0.774. The summed E-state index contributed by atoms with van der Waals surface area (Å²) in [5, 5.41) is 9.51. The largest absolute Gasteiger partial charge is 0.330 e. The molecule has 3 nitrogen and oxygen atoms in total. The van der Waals surface area contributed by atoms with Crippen LogP contribution in [-0.4, -0.2) is 23.2 Å². The number of anilines is 1. The molecule has 1 aromatic rings. The second kappa shape index (κ2) is 7.89. The fourth-order valence-corrected chi connectivity index (χ4v) is 3.29. The summed E-state index contributed by atoms with van der Waals surface area (Å²) in [6, 6.07) is 11.0. The maximum absolute atomic E-state index is 8.93. The van der Waals surface area contributed by atoms with Crippen LogP contribution in [0.15, 0.2) is 24.3 Å². The third-order valence-corrected chi connectivity index (χ3v) is 5.14. The second-order valence-electron chi connectivity index (χ2n) is 6.89. The van der Waals surface area contributed by atoms with Gasteiger partial charge in [-0.05, 0) is 61.0 Å². The van der Waals surface area contributed by atoms with E-state index in [1.807, 2.05) is 0 Å². The summed E-state index contributed by atoms with van der Waals surface area (Å²) in [4.78, 5) is 2.51. The zero-order valence-electron chi connectivity index (χ0n) is 13.9. The Bertz CT molecular complexity index is 513. The summed E-state index contributed by atoms with van der Waals surface area (Å²) in [5.41, 5.74) is 2.77. The van der Waals surface area contributed by atoms with Crippen molar-refractivity contribution in [2.45, 2.75) is 51.8 Å². The van der Waals surface area contributed by atoms with E-state index in [2.05, 4.69) is 60.7 Å². The Morgan fingerprint density at radius 2 is 2.09 bits per heavy atom. The minimum atomic E-state index is 0.225. The molecule has 1 aliphatic heterocycles. The van der Waals surface area contributed by atoms with E-state index in [9.17, 15) is 0 Å². The van der Waals surface area contributed by atoms with Crippen LogP contribution in [-0.2, 0) is 6.54 Å². The molecule has 0 aromatic heterocycles. The lowest BCUT2D eigenvalue weighted by Crippen LogP contribution is -2.38. The Morgan fingerprint density at radius 1 is 1.36 bits per heavy atom. The average molecular weight is 318 g/mol. The van der Waals surface area contributed by atoms with Crippen molar-refractivity contribution in [3.63, 3.8) is 0 Å². The van der Waals surface area contributed by atoms with E-state index >= 15 is 0 Å². The summed E-state index contributed by atoms with van der Waals surface area (Å²) in [7, 11) is 0. The molecule has 0 aliphatic carbocycles. The lowest BCUT2D eigenvalue weighted by molar-refractivity contribution is 0.116. The fourth-order valence-electron chi connectivity index (χ4n) is 2.80. The van der Waals surface area contributed by atoms with Crippen LogP contribution in [0.1, 0.15) is 45.6 Å². The molecular weight excluding hydrogens is 290 g/mol. The highest BCUT2D eigenvalue weighted by atomic mass is 32.2. The predicted molar refractivity (Wildman–Crippen MR) is 95.6 cm³/mol. The van der Waals surface area contributed by atoms with Crippen molar-refractivity contribution in [1.82, 2.24) is 4.90 Å². The molecule has 120 valence electrons. The van der Waals surface area contributed by atoms with Gasteiger partial charge in [-0.3, -0.25) is 4.90 Å². The first-order chi connectivity index (χ1) is 10.5. The smallest absolute Gasteiger partial charge is 0.0627 e. The topological polar surface area (TPSA) is 39.1 Å². The minimum absolute atomic E-state index is 0.225. The molecule has 0 atom stereocenters. The molecule has 1 N–H and O–H groups in total. The summed E-state index contributed by atoms with van der Waals surface area (Å²) in [6.07, 6.45) is 2.94. The van der Waals surface area contributed by atoms with E-state index in [1.165, 1.54) is 11.3 Å². The highest BCUT2D eigenvalue weighted by Crippen LogP contribution is 2.34. The first kappa shape index (κ1) is 17.2. The van der Waals surface area contributed by atoms with Crippen LogP contribution in [0.2, 0.25) is 0 Å². The van der Waals surface area contributed by atoms with E-state index in [0.29, 0.717) is 11.7 Å². The molecule has 1 fully saturated rings. The number of piperidine rings is 1. The third kappa shape index (κ3) is 5.23. The van der Waals surface area contributed by atoms with E-state index in [1.54, 1.807) is 11.9 Å². The van der Waals surface area contributed by atoms with Crippen molar-refractivity contribution in [3.8, 4) is 6.07 Å². The summed E-state index contributed by atoms with van der Waals surface area (Å²) >= 11 is 1.75. The SMILES string of the molecule is CC(C)SNc1cccc(CN2CCC(C)(CC#N)CC2)c1. The Hall–Kier alpha value is -1.18. The first-order valence-electron chi connectivity index (χ1n) is 8.11. The van der Waals surface area contributed by atoms with Gasteiger partial charge >= 0.3 is 0 Å². The molecule has 0 spiro atoms. The van der Waals surface area contributed by atoms with Gasteiger partial charge in [0.2, 0.25) is 0 Å². The summed E-state index contributed by atoms with van der Waals surface area (Å²) in [6.45, 7) is 9.82. The van der Waals surface area contributed by atoms with Gasteiger partial charge in [-0.1, -0.05) is 32.9 Å². The van der Waals surface area contributed by atoms with Crippen molar-refractivity contribution < 1.29 is 0 Å². The van der Waals surface area contributed by atoms with Crippen molar-refractivity contribution >= 4 is 17.6 Å². The van der Waals surface area contributed by atoms with Gasteiger partial charge in [0, 0.05) is 23.9 Å². The van der Waals surface area contributed by atoms with Gasteiger partial charge in [-0.2, -0.15) is 5.26 Å². The zero-order valence-corrected chi connectivity index (χ0v) is 14.7. The number of rotatable bonds is 6. The Balaban J connectivity index is 1.87. The van der Waals surface area contributed by atoms with Crippen molar-refractivity contribution in [2.24, 2.45) is 5.41 Å². The molecule has 2 rings (SSSR count). The van der Waals surface area contributed by atoms with E-state index in [4.69, 9.17) is 5.26 Å². The Morgan fingerprint density at radius 3 is 2.73 bits per heavy atom. The fraction of sp³-hybridized carbons (Fsp3) is 0.611. The van der Waals surface area contributed by atoms with Gasteiger partial charge in [0.25, 0.3) is 0 Å². The summed E-state index contributed by atoms with van der Waals surface area (Å²) in [5.74, 6) is 0. The molecule has 4 heteroatoms. The van der Waals surface area contributed by atoms with Crippen LogP contribution in [0.3, 0.4) is 0 Å². The van der Waals surface area contributed by atoms with Crippen molar-refractivity contribution in [3.05, 3.63) is 29.8 Å². The lowest BCUT2D eigenvalue weighted by Gasteiger charge is -2.38. The number of benzene rings is 1. The van der Waals surface area contributed by atoms with Gasteiger partial charge in [-0.15, -0.1) is 0 Å². The number of likely N-dealkylation sites (tertiary alicyclic amines) is 1. The minimum Gasteiger partial charge on any atom is -0.330 e. The molecule has 0 bridgehead atoms. The van der Waals surface area contributed by atoms with Crippen LogP contribution in [0.25, 0.3) is 0 Å². The second-order valence-corrected chi connectivity index (χ2v) is 8.27. The van der Waals surface area contributed by atoms with Gasteiger partial charge < -0.3 is 4.72 Å². The zero-order chi connectivity index (χ0) is 16.0. The van der Waals surface area contributed by atoms with Crippen LogP contribution in [0, 0.1) is 16.7 Å². The lowest BCUT2D eigenvalue weighted by atomic mass is 9.78. The standard InChI is InChI=1S/C18H27N3S/c1-15(2)22-20-17-6-4-5-16(13-17)14-21-11-8-18(3,7-10-19)9-12-21/h4-6,13,15,20H,7-9,11-12,14H2,1-3H3. The van der Waals surface area contributed by atoms with Crippen molar-refractivity contribution in [2.75, 3.05) is 17.8 Å². The van der Waals surface area contributed by atoms with Crippen LogP contribution in [0.4, 0.5) is 5.69 Å². The van der Waals surface area contributed by atoms with Crippen LogP contribution in [0.5, 0.6) is 0 Å². The molecule has 22 heavy (non-hydrogen) atoms. The highest BCUT2D eigenvalue weighted by molar-refractivity contribution is 8.01. The van der Waals surface area contributed by atoms with E-state index in [0.717, 1.165) is 32.5 Å². The average Bonchev–Trinajstić information content (AvgIpc) is 2.48. The van der Waals surface area contributed by atoms with Gasteiger partial charge in [-0.25, -0.2) is 0 Å². The summed E-state index contributed by atoms with van der Waals surface area (Å²) < 4.78 is 3.41. The number of nitrogens with zero attached hydrogens (tertiary/aromatic N) is 2. The molecule has 0 radical (unpaired) electrons. The molecule has 1 aromatic carbocycles. The maximum atomic E-state index is 8.93. The Kier molecular flexibility index (Phi) is 6.16. The molecule has 1 aliphatic rings. The number of nitrogens with one attached hydrogen (secondary N) is 1. The van der Waals surface area contributed by atoms with Crippen LogP contribution < -0.4 is 4.72 Å². The number of hydrogen-bond acceptors (Lipinski definition) is 4. The molecular formula is C18H27N3S. The highest BCUT2D eigenvalue weighted by Gasteiger charge is 2.29. The van der Waals surface area contributed by atoms with Gasteiger partial charge in [0.05, 0.1) is 6.07 Å². The third-order valence-electron chi connectivity index (χ3n) is 4.31. The van der Waals surface area contributed by atoms with Gasteiger partial charge in [0.15, 0.2) is 0 Å². The molecule has 1 heterocycles. The maximum Gasteiger partial charge on any atom is 0.0627 e. The monoisotopic (exact) mass is 317 g/mol. The van der Waals surface area contributed by atoms with E-state index in [-0.39, 0.29) is 5.41 Å². The Labute approximate surface area is 139 Å². The molecule has 1 saturated heterocycles. The van der Waals surface area contributed by atoms with Crippen molar-refractivity contribution in [1.29, 1.82) is 5.26 Å². The normalized spacial score (nSPS) is 18.1. The van der Waals surface area contributed by atoms with Crippen LogP contribution >= 0.6 is 11.9 Å². The predicted octanol–water partition coefficient (Wildman–Crippen LogP) is 4.67.